The molecule has 2 N–H and O–H groups in total. The van der Waals surface area contributed by atoms with Gasteiger partial charge in [0.25, 0.3) is 0 Å². The van der Waals surface area contributed by atoms with Gasteiger partial charge < -0.3 is 5.32 Å². The van der Waals surface area contributed by atoms with E-state index in [9.17, 15) is 4.79 Å². The number of hydrogen-bond donors (Lipinski definition) is 2. The zero-order chi connectivity index (χ0) is 15.2. The van der Waals surface area contributed by atoms with Crippen LogP contribution < -0.4 is 10.6 Å². The fourth-order valence-corrected chi connectivity index (χ4v) is 2.58. The van der Waals surface area contributed by atoms with Gasteiger partial charge in [0.05, 0.1) is 6.54 Å². The highest BCUT2D eigenvalue weighted by molar-refractivity contribution is 7.13. The van der Waals surface area contributed by atoms with Gasteiger partial charge in [0.1, 0.15) is 0 Å². The summed E-state index contributed by atoms with van der Waals surface area (Å²) in [6.07, 6.45) is 5.32. The van der Waals surface area contributed by atoms with E-state index in [1.165, 1.54) is 11.3 Å². The van der Waals surface area contributed by atoms with Crippen LogP contribution in [0.2, 0.25) is 0 Å². The Morgan fingerprint density at radius 1 is 1.18 bits per heavy atom. The van der Waals surface area contributed by atoms with Crippen molar-refractivity contribution in [2.45, 2.75) is 13.1 Å². The molecule has 0 fully saturated rings. The first-order valence-corrected chi connectivity index (χ1v) is 7.68. The third-order valence-electron chi connectivity index (χ3n) is 3.10. The van der Waals surface area contributed by atoms with Gasteiger partial charge in [-0.1, -0.05) is 24.3 Å². The minimum Gasteiger partial charge on any atom is -0.334 e. The molecule has 0 saturated carbocycles. The molecule has 0 radical (unpaired) electrons. The van der Waals surface area contributed by atoms with Gasteiger partial charge in [-0.3, -0.25) is 10.00 Å². The molecule has 0 atom stereocenters. The van der Waals surface area contributed by atoms with Crippen molar-refractivity contribution in [3.8, 4) is 0 Å². The zero-order valence-electron chi connectivity index (χ0n) is 11.8. The third-order valence-corrected chi connectivity index (χ3v) is 3.79. The Hall–Kier alpha value is -2.67. The predicted octanol–water partition coefficient (Wildman–Crippen LogP) is 2.71. The van der Waals surface area contributed by atoms with Crippen LogP contribution in [0.1, 0.15) is 11.1 Å². The first kappa shape index (κ1) is 14.3. The Balaban J connectivity index is 1.61. The summed E-state index contributed by atoms with van der Waals surface area (Å²) in [5, 5.41) is 12.1. The van der Waals surface area contributed by atoms with Gasteiger partial charge in [-0.05, 0) is 17.2 Å². The number of anilines is 1. The van der Waals surface area contributed by atoms with E-state index in [1.54, 1.807) is 12.4 Å². The smallest absolute Gasteiger partial charge is 0.321 e. The van der Waals surface area contributed by atoms with Crippen LogP contribution in [-0.4, -0.2) is 20.8 Å². The molecular weight excluding hydrogens is 298 g/mol. The molecule has 3 aromatic rings. The van der Waals surface area contributed by atoms with Crippen molar-refractivity contribution in [1.82, 2.24) is 20.1 Å². The summed E-state index contributed by atoms with van der Waals surface area (Å²) >= 11 is 1.38. The zero-order valence-corrected chi connectivity index (χ0v) is 12.6. The van der Waals surface area contributed by atoms with Crippen LogP contribution in [0, 0.1) is 0 Å². The van der Waals surface area contributed by atoms with Gasteiger partial charge in [-0.15, -0.1) is 11.3 Å². The van der Waals surface area contributed by atoms with Gasteiger partial charge in [0.2, 0.25) is 0 Å². The Kier molecular flexibility index (Phi) is 4.45. The van der Waals surface area contributed by atoms with Crippen molar-refractivity contribution < 1.29 is 4.79 Å². The largest absolute Gasteiger partial charge is 0.334 e. The number of carbonyl (C=O) groups excluding carboxylic acids is 1. The molecule has 7 heteroatoms. The van der Waals surface area contributed by atoms with Crippen molar-refractivity contribution in [2.24, 2.45) is 0 Å². The Morgan fingerprint density at radius 2 is 2.05 bits per heavy atom. The van der Waals surface area contributed by atoms with E-state index in [-0.39, 0.29) is 6.03 Å². The van der Waals surface area contributed by atoms with E-state index < -0.39 is 0 Å². The van der Waals surface area contributed by atoms with E-state index in [0.29, 0.717) is 18.2 Å². The monoisotopic (exact) mass is 313 g/mol. The van der Waals surface area contributed by atoms with Crippen molar-refractivity contribution in [1.29, 1.82) is 0 Å². The molecule has 0 aliphatic heterocycles. The molecule has 22 heavy (non-hydrogen) atoms. The molecule has 0 aliphatic carbocycles. The lowest BCUT2D eigenvalue weighted by atomic mass is 10.1. The molecule has 0 saturated heterocycles. The molecule has 2 amide bonds. The molecule has 1 aromatic carbocycles. The van der Waals surface area contributed by atoms with E-state index in [1.807, 2.05) is 46.6 Å². The number of rotatable bonds is 5. The van der Waals surface area contributed by atoms with Crippen LogP contribution in [0.5, 0.6) is 0 Å². The minimum atomic E-state index is -0.260. The number of carbonyl (C=O) groups is 1. The number of nitrogens with one attached hydrogen (secondary N) is 2. The molecular formula is C15H15N5OS. The number of benzene rings is 1. The van der Waals surface area contributed by atoms with Crippen molar-refractivity contribution in [3.05, 3.63) is 65.4 Å². The quantitative estimate of drug-likeness (QED) is 0.761. The SMILES string of the molecule is O=C(NCc1ccccc1Cn1cccn1)Nc1nccs1. The van der Waals surface area contributed by atoms with E-state index in [2.05, 4.69) is 20.7 Å². The maximum absolute atomic E-state index is 11.8. The second kappa shape index (κ2) is 6.86. The van der Waals surface area contributed by atoms with E-state index in [0.717, 1.165) is 11.1 Å². The second-order valence-electron chi connectivity index (χ2n) is 4.62. The van der Waals surface area contributed by atoms with Crippen LogP contribution in [0.25, 0.3) is 0 Å². The lowest BCUT2D eigenvalue weighted by Crippen LogP contribution is -2.28. The average molecular weight is 313 g/mol. The van der Waals surface area contributed by atoms with Gasteiger partial charge in [-0.25, -0.2) is 9.78 Å². The second-order valence-corrected chi connectivity index (χ2v) is 5.51. The van der Waals surface area contributed by atoms with Gasteiger partial charge in [0.15, 0.2) is 5.13 Å². The maximum Gasteiger partial charge on any atom is 0.321 e. The summed E-state index contributed by atoms with van der Waals surface area (Å²) < 4.78 is 1.86. The fraction of sp³-hybridized carbons (Fsp3) is 0.133. The number of nitrogens with zero attached hydrogens (tertiary/aromatic N) is 3. The first-order chi connectivity index (χ1) is 10.8. The molecule has 3 rings (SSSR count). The summed E-state index contributed by atoms with van der Waals surface area (Å²) in [5.74, 6) is 0. The standard InChI is InChI=1S/C15H15N5OS/c21-14(19-15-16-7-9-22-15)17-10-12-4-1-2-5-13(12)11-20-8-3-6-18-20/h1-9H,10-11H2,(H2,16,17,19,21). The highest BCUT2D eigenvalue weighted by atomic mass is 32.1. The van der Waals surface area contributed by atoms with Crippen molar-refractivity contribution in [3.63, 3.8) is 0 Å². The van der Waals surface area contributed by atoms with Crippen molar-refractivity contribution in [2.75, 3.05) is 5.32 Å². The summed E-state index contributed by atoms with van der Waals surface area (Å²) in [4.78, 5) is 15.9. The normalized spacial score (nSPS) is 10.4. The average Bonchev–Trinajstić information content (AvgIpc) is 3.20. The summed E-state index contributed by atoms with van der Waals surface area (Å²) in [5.41, 5.74) is 2.19. The topological polar surface area (TPSA) is 71.8 Å². The molecule has 0 unspecified atom stereocenters. The first-order valence-electron chi connectivity index (χ1n) is 6.80. The highest BCUT2D eigenvalue weighted by Gasteiger charge is 2.06. The third kappa shape index (κ3) is 3.70. The van der Waals surface area contributed by atoms with Gasteiger partial charge in [-0.2, -0.15) is 5.10 Å². The summed E-state index contributed by atoms with van der Waals surface area (Å²) in [6.45, 7) is 1.13. The summed E-state index contributed by atoms with van der Waals surface area (Å²) in [6, 6.07) is 9.62. The van der Waals surface area contributed by atoms with Gasteiger partial charge >= 0.3 is 6.03 Å². The van der Waals surface area contributed by atoms with E-state index in [4.69, 9.17) is 0 Å². The van der Waals surface area contributed by atoms with Gasteiger partial charge in [0, 0.05) is 30.5 Å². The van der Waals surface area contributed by atoms with Crippen molar-refractivity contribution >= 4 is 22.5 Å². The lowest BCUT2D eigenvalue weighted by molar-refractivity contribution is 0.251. The number of thiazole rings is 1. The minimum absolute atomic E-state index is 0.260. The molecule has 0 aliphatic rings. The predicted molar refractivity (Wildman–Crippen MR) is 85.7 cm³/mol. The maximum atomic E-state index is 11.8. The lowest BCUT2D eigenvalue weighted by Gasteiger charge is -2.11. The number of hydrogen-bond acceptors (Lipinski definition) is 4. The Labute approximate surface area is 131 Å². The molecule has 2 aromatic heterocycles. The number of amides is 2. The summed E-state index contributed by atoms with van der Waals surface area (Å²) in [7, 11) is 0. The van der Waals surface area contributed by atoms with Crippen LogP contribution in [-0.2, 0) is 13.1 Å². The highest BCUT2D eigenvalue weighted by Crippen LogP contribution is 2.12. The Morgan fingerprint density at radius 3 is 2.77 bits per heavy atom. The molecule has 112 valence electrons. The number of urea groups is 1. The number of aromatic nitrogens is 3. The van der Waals surface area contributed by atoms with E-state index >= 15 is 0 Å². The Bertz CT molecular complexity index is 724. The van der Waals surface area contributed by atoms with Crippen LogP contribution in [0.15, 0.2) is 54.3 Å². The molecule has 0 spiro atoms. The van der Waals surface area contributed by atoms with Crippen LogP contribution in [0.4, 0.5) is 9.93 Å². The van der Waals surface area contributed by atoms with Crippen LogP contribution >= 0.6 is 11.3 Å². The van der Waals surface area contributed by atoms with Crippen LogP contribution in [0.3, 0.4) is 0 Å². The molecule has 0 bridgehead atoms. The molecule has 6 nitrogen and oxygen atoms in total. The fourth-order valence-electron chi connectivity index (χ4n) is 2.05. The molecule has 2 heterocycles.